The molecule has 0 aromatic carbocycles. The Labute approximate surface area is 199 Å². The molecule has 0 spiro atoms. The number of esters is 1. The summed E-state index contributed by atoms with van der Waals surface area (Å²) in [5.41, 5.74) is 2.42. The van der Waals surface area contributed by atoms with E-state index < -0.39 is 5.97 Å². The number of aryl methyl sites for hydroxylation is 2. The monoisotopic (exact) mass is 485 g/mol. The molecule has 0 fully saturated rings. The zero-order valence-electron chi connectivity index (χ0n) is 18.9. The van der Waals surface area contributed by atoms with Crippen LogP contribution in [0.2, 0.25) is 0 Å². The van der Waals surface area contributed by atoms with Gasteiger partial charge in [0.25, 0.3) is 5.56 Å². The molecule has 1 amide bonds. The second-order valence-electron chi connectivity index (χ2n) is 8.89. The molecule has 0 bridgehead atoms. The number of hydrogen-bond donors (Lipinski definition) is 1. The van der Waals surface area contributed by atoms with E-state index >= 15 is 0 Å². The van der Waals surface area contributed by atoms with Crippen molar-refractivity contribution in [3.63, 3.8) is 0 Å². The van der Waals surface area contributed by atoms with Crippen LogP contribution < -0.4 is 10.9 Å². The number of carbonyl (C=O) groups excluding carboxylic acids is 2. The second-order valence-corrected chi connectivity index (χ2v) is 11.1. The fourth-order valence-corrected chi connectivity index (χ4v) is 7.51. The highest BCUT2D eigenvalue weighted by Gasteiger charge is 2.29. The van der Waals surface area contributed by atoms with Gasteiger partial charge in [-0.05, 0) is 68.9 Å². The van der Waals surface area contributed by atoms with Crippen LogP contribution in [-0.4, -0.2) is 28.0 Å². The first-order chi connectivity index (χ1) is 16.0. The number of thiophene rings is 2. The van der Waals surface area contributed by atoms with E-state index in [1.54, 1.807) is 18.3 Å². The van der Waals surface area contributed by atoms with Gasteiger partial charge in [0.05, 0.1) is 23.9 Å². The normalized spacial score (nSPS) is 17.5. The molecule has 3 heterocycles. The minimum Gasteiger partial charge on any atom is -0.462 e. The standard InChI is InChI=1S/C24H27N3O4S2/c1-3-31-24(30)20-15-9-8-13(2)10-17(15)33-22(20)26-18(28)11-27-12-25-21-19(23(27)29)14-6-4-5-7-16(14)32-21/h12-13H,3-11H2,1-2H3,(H,26,28)/t13-/m1/s1. The van der Waals surface area contributed by atoms with Crippen LogP contribution in [0.1, 0.15) is 64.3 Å². The Bertz CT molecular complexity index is 1300. The first-order valence-electron chi connectivity index (χ1n) is 11.6. The summed E-state index contributed by atoms with van der Waals surface area (Å²) >= 11 is 3.05. The number of aromatic nitrogens is 2. The third kappa shape index (κ3) is 4.12. The lowest BCUT2D eigenvalue weighted by molar-refractivity contribution is -0.116. The van der Waals surface area contributed by atoms with Gasteiger partial charge >= 0.3 is 5.97 Å². The summed E-state index contributed by atoms with van der Waals surface area (Å²) in [5, 5.41) is 4.08. The Morgan fingerprint density at radius 3 is 2.82 bits per heavy atom. The van der Waals surface area contributed by atoms with Gasteiger partial charge < -0.3 is 10.1 Å². The lowest BCUT2D eigenvalue weighted by Gasteiger charge is -2.18. The SMILES string of the molecule is CCOC(=O)c1c(NC(=O)Cn2cnc3sc4c(c3c2=O)CCCC4)sc2c1CC[C@@H](C)C2. The maximum atomic E-state index is 13.2. The molecule has 33 heavy (non-hydrogen) atoms. The van der Waals surface area contributed by atoms with Crippen molar-refractivity contribution in [2.24, 2.45) is 5.92 Å². The van der Waals surface area contributed by atoms with E-state index in [9.17, 15) is 14.4 Å². The van der Waals surface area contributed by atoms with Gasteiger partial charge in [-0.25, -0.2) is 9.78 Å². The fourth-order valence-electron chi connectivity index (χ4n) is 4.87. The fraction of sp³-hybridized carbons (Fsp3) is 0.500. The summed E-state index contributed by atoms with van der Waals surface area (Å²) in [5.74, 6) is -0.202. The molecule has 0 saturated carbocycles. The van der Waals surface area contributed by atoms with E-state index in [0.717, 1.165) is 65.8 Å². The molecule has 0 saturated heterocycles. The van der Waals surface area contributed by atoms with Crippen LogP contribution in [0.5, 0.6) is 0 Å². The first kappa shape index (κ1) is 22.3. The number of amides is 1. The van der Waals surface area contributed by atoms with Gasteiger partial charge in [-0.3, -0.25) is 14.2 Å². The average Bonchev–Trinajstić information content (AvgIpc) is 3.33. The Morgan fingerprint density at radius 1 is 1.18 bits per heavy atom. The van der Waals surface area contributed by atoms with Crippen molar-refractivity contribution in [3.8, 4) is 0 Å². The molecule has 7 nitrogen and oxygen atoms in total. The Kier molecular flexibility index (Phi) is 6.09. The molecule has 3 aromatic heterocycles. The summed E-state index contributed by atoms with van der Waals surface area (Å²) in [7, 11) is 0. The Hall–Kier alpha value is -2.52. The number of anilines is 1. The zero-order valence-corrected chi connectivity index (χ0v) is 20.5. The summed E-state index contributed by atoms with van der Waals surface area (Å²) in [6.45, 7) is 4.10. The van der Waals surface area contributed by atoms with Crippen molar-refractivity contribution in [1.29, 1.82) is 0 Å². The molecule has 2 aliphatic carbocycles. The Morgan fingerprint density at radius 2 is 2.00 bits per heavy atom. The number of hydrogen-bond acceptors (Lipinski definition) is 7. The zero-order chi connectivity index (χ0) is 23.1. The van der Waals surface area contributed by atoms with Crippen LogP contribution >= 0.6 is 22.7 Å². The molecule has 0 unspecified atom stereocenters. The highest BCUT2D eigenvalue weighted by atomic mass is 32.1. The lowest BCUT2D eigenvalue weighted by Crippen LogP contribution is -2.28. The predicted molar refractivity (Wildman–Crippen MR) is 131 cm³/mol. The summed E-state index contributed by atoms with van der Waals surface area (Å²) in [6, 6.07) is 0. The van der Waals surface area contributed by atoms with Gasteiger partial charge in [0.1, 0.15) is 16.4 Å². The maximum Gasteiger partial charge on any atom is 0.341 e. The lowest BCUT2D eigenvalue weighted by atomic mass is 9.88. The molecule has 0 aliphatic heterocycles. The second kappa shape index (κ2) is 9.02. The van der Waals surface area contributed by atoms with Gasteiger partial charge in [0, 0.05) is 9.75 Å². The quantitative estimate of drug-likeness (QED) is 0.543. The van der Waals surface area contributed by atoms with Crippen molar-refractivity contribution < 1.29 is 14.3 Å². The molecule has 3 aromatic rings. The maximum absolute atomic E-state index is 13.2. The van der Waals surface area contributed by atoms with Gasteiger partial charge in [0.15, 0.2) is 0 Å². The third-order valence-electron chi connectivity index (χ3n) is 6.50. The van der Waals surface area contributed by atoms with Gasteiger partial charge in [-0.1, -0.05) is 6.92 Å². The highest BCUT2D eigenvalue weighted by molar-refractivity contribution is 7.18. The molecule has 174 valence electrons. The Balaban J connectivity index is 1.43. The number of rotatable bonds is 5. The minimum atomic E-state index is -0.398. The van der Waals surface area contributed by atoms with Crippen molar-refractivity contribution >= 4 is 49.8 Å². The molecule has 1 atom stereocenters. The first-order valence-corrected chi connectivity index (χ1v) is 13.2. The van der Waals surface area contributed by atoms with E-state index in [0.29, 0.717) is 21.9 Å². The number of nitrogens with zero attached hydrogens (tertiary/aromatic N) is 2. The van der Waals surface area contributed by atoms with Crippen molar-refractivity contribution in [1.82, 2.24) is 9.55 Å². The predicted octanol–water partition coefficient (Wildman–Crippen LogP) is 4.34. The van der Waals surface area contributed by atoms with Crippen LogP contribution in [0.15, 0.2) is 11.1 Å². The average molecular weight is 486 g/mol. The van der Waals surface area contributed by atoms with Crippen molar-refractivity contribution in [3.05, 3.63) is 43.1 Å². The van der Waals surface area contributed by atoms with Crippen molar-refractivity contribution in [2.75, 3.05) is 11.9 Å². The number of carbonyl (C=O) groups is 2. The van der Waals surface area contributed by atoms with E-state index in [4.69, 9.17) is 4.74 Å². The largest absolute Gasteiger partial charge is 0.462 e. The minimum absolute atomic E-state index is 0.145. The molecular formula is C24H27N3O4S2. The number of fused-ring (bicyclic) bond motifs is 4. The molecule has 0 radical (unpaired) electrons. The van der Waals surface area contributed by atoms with E-state index in [1.165, 1.54) is 27.1 Å². The third-order valence-corrected chi connectivity index (χ3v) is 8.87. The van der Waals surface area contributed by atoms with Gasteiger partial charge in [-0.2, -0.15) is 0 Å². The summed E-state index contributed by atoms with van der Waals surface area (Å²) in [6.07, 6.45) is 8.27. The number of ether oxygens (including phenoxy) is 1. The number of nitrogens with one attached hydrogen (secondary N) is 1. The van der Waals surface area contributed by atoms with E-state index in [1.807, 2.05) is 0 Å². The van der Waals surface area contributed by atoms with Gasteiger partial charge in [-0.15, -0.1) is 22.7 Å². The topological polar surface area (TPSA) is 90.3 Å². The summed E-state index contributed by atoms with van der Waals surface area (Å²) < 4.78 is 6.66. The smallest absolute Gasteiger partial charge is 0.341 e. The molecule has 1 N–H and O–H groups in total. The molecule has 9 heteroatoms. The molecular weight excluding hydrogens is 458 g/mol. The van der Waals surface area contributed by atoms with Crippen LogP contribution in [0.25, 0.3) is 10.2 Å². The van der Waals surface area contributed by atoms with Crippen LogP contribution in [0.4, 0.5) is 5.00 Å². The summed E-state index contributed by atoms with van der Waals surface area (Å²) in [4.78, 5) is 46.5. The molecule has 2 aliphatic rings. The molecule has 5 rings (SSSR count). The van der Waals surface area contributed by atoms with E-state index in [-0.39, 0.29) is 24.6 Å². The van der Waals surface area contributed by atoms with Crippen LogP contribution in [0, 0.1) is 5.92 Å². The van der Waals surface area contributed by atoms with Crippen molar-refractivity contribution in [2.45, 2.75) is 65.3 Å². The van der Waals surface area contributed by atoms with Gasteiger partial charge in [0.2, 0.25) is 5.91 Å². The van der Waals surface area contributed by atoms with E-state index in [2.05, 4.69) is 17.2 Å². The highest BCUT2D eigenvalue weighted by Crippen LogP contribution is 2.40. The van der Waals surface area contributed by atoms with Crippen LogP contribution in [0.3, 0.4) is 0 Å². The van der Waals surface area contributed by atoms with Crippen LogP contribution in [-0.2, 0) is 41.8 Å².